The van der Waals surface area contributed by atoms with Gasteiger partial charge in [-0.1, -0.05) is 0 Å². The van der Waals surface area contributed by atoms with Crippen molar-refractivity contribution in [3.05, 3.63) is 0 Å². The first-order chi connectivity index (χ1) is 6.75. The standard InChI is InChI=1S/C11H18O3/c12-11(13)9-5-8(6-9)7-10-3-1-2-4-14-10/h8-10H,1-7H2,(H,12,13). The van der Waals surface area contributed by atoms with Crippen LogP contribution >= 0.6 is 0 Å². The van der Waals surface area contributed by atoms with Crippen LogP contribution in [0.25, 0.3) is 0 Å². The first-order valence-corrected chi connectivity index (χ1v) is 5.60. The SMILES string of the molecule is O=C(O)C1CC(CC2CCCCO2)C1. The Kier molecular flexibility index (Phi) is 3.06. The summed E-state index contributed by atoms with van der Waals surface area (Å²) in [6, 6.07) is 0. The van der Waals surface area contributed by atoms with E-state index in [1.807, 2.05) is 0 Å². The van der Waals surface area contributed by atoms with Crippen molar-refractivity contribution in [1.82, 2.24) is 0 Å². The second kappa shape index (κ2) is 4.30. The fraction of sp³-hybridized carbons (Fsp3) is 0.909. The van der Waals surface area contributed by atoms with Gasteiger partial charge in [-0.2, -0.15) is 0 Å². The number of carboxylic acid groups (broad SMARTS) is 1. The maximum atomic E-state index is 10.6. The third-order valence-corrected chi connectivity index (χ3v) is 3.46. The van der Waals surface area contributed by atoms with Gasteiger partial charge in [-0.3, -0.25) is 4.79 Å². The molecule has 0 spiro atoms. The molecule has 1 saturated heterocycles. The molecule has 0 aromatic heterocycles. The second-order valence-electron chi connectivity index (χ2n) is 4.60. The smallest absolute Gasteiger partial charge is 0.306 e. The fourth-order valence-electron chi connectivity index (χ4n) is 2.49. The van der Waals surface area contributed by atoms with Crippen molar-refractivity contribution in [3.63, 3.8) is 0 Å². The van der Waals surface area contributed by atoms with Gasteiger partial charge in [0.15, 0.2) is 0 Å². The minimum Gasteiger partial charge on any atom is -0.481 e. The van der Waals surface area contributed by atoms with Gasteiger partial charge in [0.2, 0.25) is 0 Å². The zero-order valence-corrected chi connectivity index (χ0v) is 8.45. The lowest BCUT2D eigenvalue weighted by Crippen LogP contribution is -2.34. The number of hydrogen-bond acceptors (Lipinski definition) is 2. The Morgan fingerprint density at radius 2 is 2.14 bits per heavy atom. The van der Waals surface area contributed by atoms with E-state index in [0.717, 1.165) is 25.9 Å². The van der Waals surface area contributed by atoms with Crippen molar-refractivity contribution in [3.8, 4) is 0 Å². The highest BCUT2D eigenvalue weighted by molar-refractivity contribution is 5.71. The molecule has 0 amide bonds. The van der Waals surface area contributed by atoms with Gasteiger partial charge < -0.3 is 9.84 Å². The molecule has 1 N–H and O–H groups in total. The van der Waals surface area contributed by atoms with E-state index in [9.17, 15) is 4.79 Å². The van der Waals surface area contributed by atoms with Crippen LogP contribution in [0.2, 0.25) is 0 Å². The van der Waals surface area contributed by atoms with Crippen LogP contribution in [0, 0.1) is 11.8 Å². The zero-order chi connectivity index (χ0) is 9.97. The lowest BCUT2D eigenvalue weighted by molar-refractivity contribution is -0.147. The van der Waals surface area contributed by atoms with Crippen LogP contribution in [0.1, 0.15) is 38.5 Å². The summed E-state index contributed by atoms with van der Waals surface area (Å²) < 4.78 is 5.63. The Morgan fingerprint density at radius 1 is 1.36 bits per heavy atom. The first-order valence-electron chi connectivity index (χ1n) is 5.60. The van der Waals surface area contributed by atoms with Gasteiger partial charge in [-0.15, -0.1) is 0 Å². The quantitative estimate of drug-likeness (QED) is 0.755. The molecular weight excluding hydrogens is 180 g/mol. The van der Waals surface area contributed by atoms with E-state index in [1.54, 1.807) is 0 Å². The van der Waals surface area contributed by atoms with E-state index < -0.39 is 5.97 Å². The maximum Gasteiger partial charge on any atom is 0.306 e. The van der Waals surface area contributed by atoms with Crippen molar-refractivity contribution < 1.29 is 14.6 Å². The minimum absolute atomic E-state index is 0.0661. The molecule has 1 atom stereocenters. The first kappa shape index (κ1) is 9.97. The molecule has 2 fully saturated rings. The van der Waals surface area contributed by atoms with E-state index in [2.05, 4.69) is 0 Å². The van der Waals surface area contributed by atoms with Gasteiger partial charge >= 0.3 is 5.97 Å². The van der Waals surface area contributed by atoms with Gasteiger partial charge in [0.25, 0.3) is 0 Å². The second-order valence-corrected chi connectivity index (χ2v) is 4.60. The third kappa shape index (κ3) is 2.27. The number of hydrogen-bond donors (Lipinski definition) is 1. The van der Waals surface area contributed by atoms with Gasteiger partial charge in [0.1, 0.15) is 0 Å². The Labute approximate surface area is 84.4 Å². The Bertz CT molecular complexity index is 203. The van der Waals surface area contributed by atoms with Gasteiger partial charge in [-0.25, -0.2) is 0 Å². The molecule has 0 bridgehead atoms. The lowest BCUT2D eigenvalue weighted by atomic mass is 9.72. The van der Waals surface area contributed by atoms with Crippen LogP contribution in [0.5, 0.6) is 0 Å². The van der Waals surface area contributed by atoms with Crippen LogP contribution in [-0.2, 0) is 9.53 Å². The average Bonchev–Trinajstić information content (AvgIpc) is 2.12. The van der Waals surface area contributed by atoms with Crippen LogP contribution < -0.4 is 0 Å². The van der Waals surface area contributed by atoms with E-state index in [4.69, 9.17) is 9.84 Å². The molecule has 1 unspecified atom stereocenters. The third-order valence-electron chi connectivity index (χ3n) is 3.46. The number of rotatable bonds is 3. The summed E-state index contributed by atoms with van der Waals surface area (Å²) >= 11 is 0. The molecule has 1 aliphatic carbocycles. The van der Waals surface area contributed by atoms with Crippen molar-refractivity contribution in [2.45, 2.75) is 44.6 Å². The van der Waals surface area contributed by atoms with Crippen molar-refractivity contribution in [2.24, 2.45) is 11.8 Å². The normalized spacial score (nSPS) is 37.6. The topological polar surface area (TPSA) is 46.5 Å². The van der Waals surface area contributed by atoms with Crippen molar-refractivity contribution >= 4 is 5.97 Å². The van der Waals surface area contributed by atoms with Crippen LogP contribution in [0.3, 0.4) is 0 Å². The summed E-state index contributed by atoms with van der Waals surface area (Å²) in [5, 5.41) is 8.73. The van der Waals surface area contributed by atoms with E-state index >= 15 is 0 Å². The molecule has 0 aromatic carbocycles. The molecule has 0 radical (unpaired) electrons. The molecule has 1 heterocycles. The molecule has 3 nitrogen and oxygen atoms in total. The van der Waals surface area contributed by atoms with Crippen LogP contribution in [-0.4, -0.2) is 23.8 Å². The highest BCUT2D eigenvalue weighted by atomic mass is 16.5. The fourth-order valence-corrected chi connectivity index (χ4v) is 2.49. The minimum atomic E-state index is -0.620. The predicted octanol–water partition coefficient (Wildman–Crippen LogP) is 2.06. The van der Waals surface area contributed by atoms with Crippen molar-refractivity contribution in [1.29, 1.82) is 0 Å². The molecule has 0 aromatic rings. The summed E-state index contributed by atoms with van der Waals surface area (Å²) in [5.41, 5.74) is 0. The molecule has 14 heavy (non-hydrogen) atoms. The van der Waals surface area contributed by atoms with Crippen LogP contribution in [0.4, 0.5) is 0 Å². The molecule has 3 heteroatoms. The molecular formula is C11H18O3. The van der Waals surface area contributed by atoms with Gasteiger partial charge in [-0.05, 0) is 44.4 Å². The maximum absolute atomic E-state index is 10.6. The highest BCUT2D eigenvalue weighted by Gasteiger charge is 2.35. The Morgan fingerprint density at radius 3 is 2.71 bits per heavy atom. The van der Waals surface area contributed by atoms with Gasteiger partial charge in [0, 0.05) is 6.61 Å². The molecule has 1 aliphatic heterocycles. The predicted molar refractivity (Wildman–Crippen MR) is 52.1 cm³/mol. The Hall–Kier alpha value is -0.570. The molecule has 2 rings (SSSR count). The van der Waals surface area contributed by atoms with E-state index in [-0.39, 0.29) is 5.92 Å². The summed E-state index contributed by atoms with van der Waals surface area (Å²) in [7, 11) is 0. The average molecular weight is 198 g/mol. The zero-order valence-electron chi connectivity index (χ0n) is 8.45. The summed E-state index contributed by atoms with van der Waals surface area (Å²) in [6.07, 6.45) is 6.89. The number of carbonyl (C=O) groups is 1. The summed E-state index contributed by atoms with van der Waals surface area (Å²) in [4.78, 5) is 10.6. The summed E-state index contributed by atoms with van der Waals surface area (Å²) in [6.45, 7) is 0.903. The molecule has 80 valence electrons. The molecule has 2 aliphatic rings. The number of carboxylic acids is 1. The summed E-state index contributed by atoms with van der Waals surface area (Å²) in [5.74, 6) is -0.0754. The van der Waals surface area contributed by atoms with E-state index in [1.165, 1.54) is 19.3 Å². The molecule has 1 saturated carbocycles. The Balaban J connectivity index is 1.65. The van der Waals surface area contributed by atoms with Gasteiger partial charge in [0.05, 0.1) is 12.0 Å². The number of aliphatic carboxylic acids is 1. The van der Waals surface area contributed by atoms with E-state index in [0.29, 0.717) is 12.0 Å². The lowest BCUT2D eigenvalue weighted by Gasteiger charge is -2.35. The van der Waals surface area contributed by atoms with Crippen molar-refractivity contribution in [2.75, 3.05) is 6.61 Å². The largest absolute Gasteiger partial charge is 0.481 e. The van der Waals surface area contributed by atoms with Crippen LogP contribution in [0.15, 0.2) is 0 Å². The number of ether oxygens (including phenoxy) is 1. The highest BCUT2D eigenvalue weighted by Crippen LogP contribution is 2.38. The monoisotopic (exact) mass is 198 g/mol.